The van der Waals surface area contributed by atoms with Gasteiger partial charge in [-0.2, -0.15) is 26.3 Å². The fourth-order valence-electron chi connectivity index (χ4n) is 0.384. The second-order valence-corrected chi connectivity index (χ2v) is 3.64. The molecular weight excluding hydrogens is 246 g/mol. The summed E-state index contributed by atoms with van der Waals surface area (Å²) in [6.45, 7) is 0. The monoisotopic (exact) mass is 248 g/mol. The Morgan fingerprint density at radius 3 is 0.923 bits per heavy atom. The molecule has 0 aliphatic heterocycles. The van der Waals surface area contributed by atoms with Crippen molar-refractivity contribution in [1.82, 2.24) is 0 Å². The van der Waals surface area contributed by atoms with E-state index in [1.165, 1.54) is 0 Å². The van der Waals surface area contributed by atoms with E-state index in [1.807, 2.05) is 0 Å². The first kappa shape index (κ1) is 13.2. The number of alkyl halides is 6. The zero-order valence-electron chi connectivity index (χ0n) is 5.48. The Hall–Kier alpha value is 0.200. The third-order valence-electron chi connectivity index (χ3n) is 1.00. The number of halogens is 6. The zero-order chi connectivity index (χ0) is 10.9. The van der Waals surface area contributed by atoms with Crippen molar-refractivity contribution in [3.63, 3.8) is 0 Å². The van der Waals surface area contributed by atoms with Crippen LogP contribution in [0.2, 0.25) is 0 Å². The Morgan fingerprint density at radius 1 is 0.692 bits per heavy atom. The lowest BCUT2D eigenvalue weighted by atomic mass is 10.4. The molecule has 0 bridgehead atoms. The summed E-state index contributed by atoms with van der Waals surface area (Å²) in [6.07, 6.45) is -11.6. The van der Waals surface area contributed by atoms with E-state index in [2.05, 4.69) is 0 Å². The van der Waals surface area contributed by atoms with Crippen LogP contribution in [-0.4, -0.2) is 25.5 Å². The summed E-state index contributed by atoms with van der Waals surface area (Å²) >= 11 is -3.01. The summed E-state index contributed by atoms with van der Waals surface area (Å²) in [6, 6.07) is 0. The summed E-state index contributed by atoms with van der Waals surface area (Å²) in [5, 5.41) is 0. The predicted molar refractivity (Wildman–Crippen MR) is 35.3 cm³/mol. The Morgan fingerprint density at radius 2 is 0.923 bits per heavy atom. The quantitative estimate of drug-likeness (QED) is 0.447. The summed E-state index contributed by atoms with van der Waals surface area (Å²) in [4.78, 5) is 0. The molecule has 0 aromatic heterocycles. The molecule has 0 atom stereocenters. The minimum absolute atomic E-state index is 1.51. The second kappa shape index (κ2) is 3.75. The van der Waals surface area contributed by atoms with Gasteiger partial charge in [0.05, 0.1) is 0 Å². The van der Waals surface area contributed by atoms with Crippen LogP contribution < -0.4 is 0 Å². The van der Waals surface area contributed by atoms with E-state index >= 15 is 0 Å². The van der Waals surface area contributed by atoms with E-state index in [1.54, 1.807) is 0 Å². The van der Waals surface area contributed by atoms with E-state index in [0.717, 1.165) is 0 Å². The fourth-order valence-corrected chi connectivity index (χ4v) is 0.932. The number of hydrogen-bond donors (Lipinski definition) is 2. The van der Waals surface area contributed by atoms with E-state index < -0.39 is 40.5 Å². The first-order valence-corrected chi connectivity index (χ1v) is 3.95. The van der Waals surface area contributed by atoms with Crippen LogP contribution in [0.15, 0.2) is 0 Å². The smallest absolute Gasteiger partial charge is 0.328 e. The molecule has 13 heavy (non-hydrogen) atoms. The van der Waals surface area contributed by atoms with E-state index in [0.29, 0.717) is 0 Å². The van der Waals surface area contributed by atoms with Crippen LogP contribution in [0.3, 0.4) is 0 Å². The van der Waals surface area contributed by atoms with Crippen LogP contribution in [0.5, 0.6) is 0 Å². The molecule has 0 unspecified atom stereocenters. The minimum atomic E-state index is -5.80. The van der Waals surface area contributed by atoms with Gasteiger partial charge in [0, 0.05) is 24.1 Å². The molecule has 0 saturated carbocycles. The molecule has 0 amide bonds. The van der Waals surface area contributed by atoms with Gasteiger partial charge in [0.1, 0.15) is 0 Å². The van der Waals surface area contributed by atoms with Crippen LogP contribution in [0.1, 0.15) is 0 Å². The van der Waals surface area contributed by atoms with Crippen LogP contribution in [-0.2, 0) is 0 Å². The van der Waals surface area contributed by atoms with Crippen LogP contribution >= 0.6 is 24.1 Å². The average Bonchev–Trinajstić information content (AvgIpc) is 1.84. The molecule has 2 nitrogen and oxygen atoms in total. The van der Waals surface area contributed by atoms with Gasteiger partial charge in [-0.05, 0) is 0 Å². The molecular formula is C3H2F6O2S2. The van der Waals surface area contributed by atoms with E-state index in [4.69, 9.17) is 9.11 Å². The molecule has 0 aromatic carbocycles. The molecule has 0 fully saturated rings. The standard InChI is InChI=1S/C3H2F6O2S2/c4-2(5,6)1(12-10,13-11)3(7,8)9/h10-11H. The van der Waals surface area contributed by atoms with Crippen molar-refractivity contribution in [2.45, 2.75) is 16.4 Å². The highest BCUT2D eigenvalue weighted by atomic mass is 32.2. The minimum Gasteiger partial charge on any atom is -0.328 e. The third kappa shape index (κ3) is 2.17. The molecule has 0 aliphatic carbocycles. The highest BCUT2D eigenvalue weighted by Gasteiger charge is 2.73. The normalized spacial score (nSPS) is 14.8. The van der Waals surface area contributed by atoms with Gasteiger partial charge in [-0.3, -0.25) is 0 Å². The lowest BCUT2D eigenvalue weighted by Crippen LogP contribution is -2.51. The molecule has 80 valence electrons. The van der Waals surface area contributed by atoms with Crippen molar-refractivity contribution in [1.29, 1.82) is 0 Å². The van der Waals surface area contributed by atoms with Gasteiger partial charge in [-0.25, -0.2) is 0 Å². The first-order valence-electron chi connectivity index (χ1n) is 2.41. The van der Waals surface area contributed by atoms with Crippen LogP contribution in [0.4, 0.5) is 26.3 Å². The van der Waals surface area contributed by atoms with Crippen LogP contribution in [0, 0.1) is 0 Å². The molecule has 0 spiro atoms. The number of hydrogen-bond acceptors (Lipinski definition) is 4. The molecule has 0 aliphatic rings. The summed E-state index contributed by atoms with van der Waals surface area (Å²) in [5.74, 6) is 0. The van der Waals surface area contributed by atoms with Crippen LogP contribution in [0.25, 0.3) is 0 Å². The van der Waals surface area contributed by atoms with Crippen molar-refractivity contribution in [2.24, 2.45) is 0 Å². The second-order valence-electron chi connectivity index (χ2n) is 1.79. The molecule has 2 N–H and O–H groups in total. The number of rotatable bonds is 2. The first-order chi connectivity index (χ1) is 5.62. The van der Waals surface area contributed by atoms with Crippen molar-refractivity contribution in [3.05, 3.63) is 0 Å². The summed E-state index contributed by atoms with van der Waals surface area (Å²) < 4.78 is 82.0. The lowest BCUT2D eigenvalue weighted by Gasteiger charge is -2.30. The van der Waals surface area contributed by atoms with Gasteiger partial charge in [-0.1, -0.05) is 0 Å². The molecule has 0 rings (SSSR count). The van der Waals surface area contributed by atoms with Crippen molar-refractivity contribution in [2.75, 3.05) is 0 Å². The largest absolute Gasteiger partial charge is 0.425 e. The lowest BCUT2D eigenvalue weighted by molar-refractivity contribution is -0.237. The van der Waals surface area contributed by atoms with Gasteiger partial charge < -0.3 is 9.11 Å². The summed E-state index contributed by atoms with van der Waals surface area (Å²) in [7, 11) is 0. The van der Waals surface area contributed by atoms with E-state index in [-0.39, 0.29) is 0 Å². The third-order valence-corrected chi connectivity index (χ3v) is 2.89. The molecule has 0 saturated heterocycles. The van der Waals surface area contributed by atoms with Gasteiger partial charge in [0.15, 0.2) is 0 Å². The Balaban J connectivity index is 5.17. The van der Waals surface area contributed by atoms with Crippen molar-refractivity contribution < 1.29 is 35.4 Å². The van der Waals surface area contributed by atoms with Crippen molar-refractivity contribution in [3.8, 4) is 0 Å². The fraction of sp³-hybridized carbons (Fsp3) is 1.00. The maximum absolute atomic E-state index is 11.8. The van der Waals surface area contributed by atoms with Crippen molar-refractivity contribution >= 4 is 24.1 Å². The molecule has 0 heterocycles. The average molecular weight is 248 g/mol. The molecule has 10 heteroatoms. The molecule has 0 radical (unpaired) electrons. The highest BCUT2D eigenvalue weighted by molar-refractivity contribution is 8.13. The Labute approximate surface area is 76.7 Å². The van der Waals surface area contributed by atoms with Gasteiger partial charge >= 0.3 is 16.4 Å². The predicted octanol–water partition coefficient (Wildman–Crippen LogP) is 3.22. The summed E-state index contributed by atoms with van der Waals surface area (Å²) in [5.41, 5.74) is 0. The van der Waals surface area contributed by atoms with E-state index in [9.17, 15) is 26.3 Å². The zero-order valence-corrected chi connectivity index (χ0v) is 7.11. The molecule has 0 aromatic rings. The Bertz CT molecular complexity index is 156. The van der Waals surface area contributed by atoms with Gasteiger partial charge in [-0.15, -0.1) is 0 Å². The van der Waals surface area contributed by atoms with Gasteiger partial charge in [0.2, 0.25) is 0 Å². The maximum atomic E-state index is 11.8. The Kier molecular flexibility index (Phi) is 3.81. The SMILES string of the molecule is OSC(SO)(C(F)(F)F)C(F)(F)F. The van der Waals surface area contributed by atoms with Gasteiger partial charge in [0.25, 0.3) is 0 Å². The maximum Gasteiger partial charge on any atom is 0.425 e. The topological polar surface area (TPSA) is 40.5 Å². The highest BCUT2D eigenvalue weighted by Crippen LogP contribution is 2.56.